The number of hydrogen-bond donors (Lipinski definition) is 0. The summed E-state index contributed by atoms with van der Waals surface area (Å²) in [5, 5.41) is -0.462. The molecule has 0 bridgehead atoms. The second-order valence-electron chi connectivity index (χ2n) is 7.65. The summed E-state index contributed by atoms with van der Waals surface area (Å²) < 4.78 is 24.9. The van der Waals surface area contributed by atoms with E-state index in [9.17, 15) is 18.8 Å². The van der Waals surface area contributed by atoms with Gasteiger partial charge in [-0.05, 0) is 54.4 Å². The minimum Gasteiger partial charge on any atom is -0.493 e. The number of ether oxygens (including phenoxy) is 2. The standard InChI is InChI=1S/C24H23FN2O5S/c1-31-20-12-16(8-9-19(20)32-15-17-6-2-3-7-18(17)25)13-21-23(29)27(24(30)33-21)14-22(28)26-10-4-5-11-26/h2-3,6-9,12-13H,4-5,10-11,14-15H2,1H3/b21-13-. The van der Waals surface area contributed by atoms with Crippen molar-refractivity contribution in [2.45, 2.75) is 19.4 Å². The number of methoxy groups -OCH3 is 1. The summed E-state index contributed by atoms with van der Waals surface area (Å²) in [4.78, 5) is 40.3. The predicted molar refractivity (Wildman–Crippen MR) is 122 cm³/mol. The molecule has 2 saturated heterocycles. The largest absolute Gasteiger partial charge is 0.493 e. The Morgan fingerprint density at radius 2 is 1.88 bits per heavy atom. The molecule has 4 rings (SSSR count). The average molecular weight is 471 g/mol. The van der Waals surface area contributed by atoms with E-state index < -0.39 is 11.1 Å². The number of benzene rings is 2. The van der Waals surface area contributed by atoms with E-state index in [1.807, 2.05) is 0 Å². The fraction of sp³-hybridized carbons (Fsp3) is 0.292. The normalized spacial score (nSPS) is 17.2. The Hall–Kier alpha value is -3.33. The van der Waals surface area contributed by atoms with E-state index in [-0.39, 0.29) is 29.8 Å². The molecule has 0 saturated carbocycles. The molecule has 0 radical (unpaired) electrons. The minimum absolute atomic E-state index is 0.0340. The first kappa shape index (κ1) is 22.8. The molecular formula is C24H23FN2O5S. The molecule has 2 heterocycles. The number of nitrogens with zero attached hydrogens (tertiary/aromatic N) is 2. The maximum absolute atomic E-state index is 13.8. The monoisotopic (exact) mass is 470 g/mol. The van der Waals surface area contributed by atoms with Crippen molar-refractivity contribution in [1.82, 2.24) is 9.80 Å². The van der Waals surface area contributed by atoms with Gasteiger partial charge >= 0.3 is 0 Å². The van der Waals surface area contributed by atoms with E-state index in [1.54, 1.807) is 47.4 Å². The fourth-order valence-electron chi connectivity index (χ4n) is 3.65. The number of carbonyl (C=O) groups excluding carboxylic acids is 3. The van der Waals surface area contributed by atoms with Crippen molar-refractivity contribution in [2.75, 3.05) is 26.7 Å². The van der Waals surface area contributed by atoms with Gasteiger partial charge in [-0.1, -0.05) is 24.3 Å². The van der Waals surface area contributed by atoms with Crippen molar-refractivity contribution in [3.8, 4) is 11.5 Å². The highest BCUT2D eigenvalue weighted by Gasteiger charge is 2.37. The second-order valence-corrected chi connectivity index (χ2v) is 8.64. The van der Waals surface area contributed by atoms with E-state index in [0.717, 1.165) is 29.5 Å². The Morgan fingerprint density at radius 3 is 2.61 bits per heavy atom. The van der Waals surface area contributed by atoms with Gasteiger partial charge in [0.1, 0.15) is 19.0 Å². The molecule has 3 amide bonds. The molecule has 172 valence electrons. The van der Waals surface area contributed by atoms with Crippen LogP contribution < -0.4 is 9.47 Å². The first-order valence-electron chi connectivity index (χ1n) is 10.5. The predicted octanol–water partition coefficient (Wildman–Crippen LogP) is 4.07. The van der Waals surface area contributed by atoms with Crippen LogP contribution in [0.15, 0.2) is 47.4 Å². The summed E-state index contributed by atoms with van der Waals surface area (Å²) in [5.74, 6) is -0.233. The van der Waals surface area contributed by atoms with Gasteiger partial charge in [0.2, 0.25) is 5.91 Å². The lowest BCUT2D eigenvalue weighted by molar-refractivity contribution is -0.135. The Bertz CT molecular complexity index is 1110. The third-order valence-corrected chi connectivity index (χ3v) is 6.36. The van der Waals surface area contributed by atoms with E-state index in [1.165, 1.54) is 13.2 Å². The van der Waals surface area contributed by atoms with Crippen LogP contribution in [0.3, 0.4) is 0 Å². The zero-order valence-electron chi connectivity index (χ0n) is 18.1. The van der Waals surface area contributed by atoms with E-state index >= 15 is 0 Å². The van der Waals surface area contributed by atoms with Crippen molar-refractivity contribution in [3.05, 3.63) is 64.3 Å². The smallest absolute Gasteiger partial charge is 0.294 e. The maximum atomic E-state index is 13.8. The molecule has 0 aromatic heterocycles. The van der Waals surface area contributed by atoms with Gasteiger partial charge in [0.25, 0.3) is 11.1 Å². The number of halogens is 1. The summed E-state index contributed by atoms with van der Waals surface area (Å²) in [5.41, 5.74) is 1.04. The molecule has 2 aromatic rings. The first-order valence-corrected chi connectivity index (χ1v) is 11.4. The first-order chi connectivity index (χ1) is 16.0. The molecule has 2 aromatic carbocycles. The number of carbonyl (C=O) groups is 3. The van der Waals surface area contributed by atoms with E-state index in [0.29, 0.717) is 35.7 Å². The molecule has 2 aliphatic heterocycles. The zero-order valence-corrected chi connectivity index (χ0v) is 18.9. The van der Waals surface area contributed by atoms with Gasteiger partial charge in [0, 0.05) is 18.7 Å². The van der Waals surface area contributed by atoms with E-state index in [4.69, 9.17) is 9.47 Å². The fourth-order valence-corrected chi connectivity index (χ4v) is 4.49. The van der Waals surface area contributed by atoms with Crippen LogP contribution in [0, 0.1) is 5.82 Å². The third-order valence-electron chi connectivity index (χ3n) is 5.45. The van der Waals surface area contributed by atoms with Gasteiger partial charge in [-0.15, -0.1) is 0 Å². The Morgan fingerprint density at radius 1 is 1.12 bits per heavy atom. The van der Waals surface area contributed by atoms with Crippen molar-refractivity contribution in [1.29, 1.82) is 0 Å². The summed E-state index contributed by atoms with van der Waals surface area (Å²) in [7, 11) is 1.48. The molecular weight excluding hydrogens is 447 g/mol. The van der Waals surface area contributed by atoms with Gasteiger partial charge in [0.15, 0.2) is 11.5 Å². The van der Waals surface area contributed by atoms with Crippen LogP contribution >= 0.6 is 11.8 Å². The van der Waals surface area contributed by atoms with Crippen LogP contribution in [-0.2, 0) is 16.2 Å². The van der Waals surface area contributed by atoms with Crippen LogP contribution in [-0.4, -0.2) is 53.6 Å². The molecule has 33 heavy (non-hydrogen) atoms. The zero-order chi connectivity index (χ0) is 23.4. The molecule has 0 N–H and O–H groups in total. The molecule has 0 unspecified atom stereocenters. The minimum atomic E-state index is -0.489. The van der Waals surface area contributed by atoms with Gasteiger partial charge in [-0.25, -0.2) is 4.39 Å². The summed E-state index contributed by atoms with van der Waals surface area (Å²) in [6.45, 7) is 1.12. The Balaban J connectivity index is 1.45. The van der Waals surface area contributed by atoms with Crippen molar-refractivity contribution >= 4 is 34.9 Å². The van der Waals surface area contributed by atoms with Crippen molar-refractivity contribution in [3.63, 3.8) is 0 Å². The average Bonchev–Trinajstić information content (AvgIpc) is 3.44. The van der Waals surface area contributed by atoms with Gasteiger partial charge < -0.3 is 14.4 Å². The molecule has 7 nitrogen and oxygen atoms in total. The molecule has 2 aliphatic rings. The lowest BCUT2D eigenvalue weighted by Gasteiger charge is -2.18. The Labute approximate surface area is 195 Å². The SMILES string of the molecule is COc1cc(/C=C2\SC(=O)N(CC(=O)N3CCCC3)C2=O)ccc1OCc1ccccc1F. The van der Waals surface area contributed by atoms with Crippen molar-refractivity contribution in [2.24, 2.45) is 0 Å². The third kappa shape index (κ3) is 5.19. The molecule has 2 fully saturated rings. The number of amides is 3. The van der Waals surface area contributed by atoms with Crippen LogP contribution in [0.4, 0.5) is 9.18 Å². The second kappa shape index (κ2) is 10.1. The Kier molecular flexibility index (Phi) is 6.98. The van der Waals surface area contributed by atoms with Crippen LogP contribution in [0.2, 0.25) is 0 Å². The number of likely N-dealkylation sites (tertiary alicyclic amines) is 1. The quantitative estimate of drug-likeness (QED) is 0.568. The maximum Gasteiger partial charge on any atom is 0.294 e. The highest BCUT2D eigenvalue weighted by atomic mass is 32.2. The number of hydrogen-bond acceptors (Lipinski definition) is 6. The number of imide groups is 1. The summed E-state index contributed by atoms with van der Waals surface area (Å²) in [6, 6.07) is 11.4. The molecule has 0 atom stereocenters. The number of rotatable bonds is 7. The molecule has 0 aliphatic carbocycles. The summed E-state index contributed by atoms with van der Waals surface area (Å²) in [6.07, 6.45) is 3.46. The van der Waals surface area contributed by atoms with E-state index in [2.05, 4.69) is 0 Å². The highest BCUT2D eigenvalue weighted by molar-refractivity contribution is 8.18. The van der Waals surface area contributed by atoms with Crippen LogP contribution in [0.25, 0.3) is 6.08 Å². The molecule has 0 spiro atoms. The van der Waals surface area contributed by atoms with Gasteiger partial charge in [-0.3, -0.25) is 19.3 Å². The van der Waals surface area contributed by atoms with Gasteiger partial charge in [-0.2, -0.15) is 0 Å². The van der Waals surface area contributed by atoms with Crippen LogP contribution in [0.5, 0.6) is 11.5 Å². The molecule has 9 heteroatoms. The highest BCUT2D eigenvalue weighted by Crippen LogP contribution is 2.35. The van der Waals surface area contributed by atoms with Crippen LogP contribution in [0.1, 0.15) is 24.0 Å². The summed E-state index contributed by atoms with van der Waals surface area (Å²) >= 11 is 0.802. The number of thioether (sulfide) groups is 1. The van der Waals surface area contributed by atoms with Gasteiger partial charge in [0.05, 0.1) is 12.0 Å². The van der Waals surface area contributed by atoms with Crippen molar-refractivity contribution < 1.29 is 28.2 Å². The lowest BCUT2D eigenvalue weighted by atomic mass is 10.1. The lowest BCUT2D eigenvalue weighted by Crippen LogP contribution is -2.40. The topological polar surface area (TPSA) is 76.2 Å².